The summed E-state index contributed by atoms with van der Waals surface area (Å²) in [5.41, 5.74) is 5.86. The van der Waals surface area contributed by atoms with Gasteiger partial charge in [0.1, 0.15) is 5.82 Å². The number of carbonyl (C=O) groups is 1. The van der Waals surface area contributed by atoms with Crippen LogP contribution in [0.4, 0.5) is 4.39 Å². The molecule has 4 N–H and O–H groups in total. The van der Waals surface area contributed by atoms with Gasteiger partial charge in [-0.15, -0.1) is 0 Å². The Bertz CT molecular complexity index is 447. The van der Waals surface area contributed by atoms with E-state index in [2.05, 4.69) is 5.32 Å². The summed E-state index contributed by atoms with van der Waals surface area (Å²) in [6.07, 6.45) is 1.41. The molecule has 0 aromatic heterocycles. The molecule has 0 spiro atoms. The molecule has 0 saturated heterocycles. The molecule has 0 aliphatic heterocycles. The van der Waals surface area contributed by atoms with Gasteiger partial charge in [0.05, 0.1) is 12.1 Å². The normalized spacial score (nSPS) is 13.9. The minimum absolute atomic E-state index is 0.220. The van der Waals surface area contributed by atoms with Crippen LogP contribution < -0.4 is 11.1 Å². The number of hydrogen-bond acceptors (Lipinski definition) is 3. The van der Waals surface area contributed by atoms with Gasteiger partial charge >= 0.3 is 0 Å². The smallest absolute Gasteiger partial charge is 0.240 e. The van der Waals surface area contributed by atoms with E-state index in [1.54, 1.807) is 13.0 Å². The maximum absolute atomic E-state index is 13.4. The molecule has 0 aliphatic rings. The highest BCUT2D eigenvalue weighted by Gasteiger charge is 2.26. The van der Waals surface area contributed by atoms with E-state index < -0.39 is 11.4 Å². The number of halogens is 1. The van der Waals surface area contributed by atoms with Gasteiger partial charge in [-0.25, -0.2) is 4.39 Å². The van der Waals surface area contributed by atoms with Crippen LogP contribution in [0, 0.1) is 5.82 Å². The summed E-state index contributed by atoms with van der Waals surface area (Å²) in [4.78, 5) is 11.9. The summed E-state index contributed by atoms with van der Waals surface area (Å²) in [6.45, 7) is 3.52. The van der Waals surface area contributed by atoms with Crippen LogP contribution in [0.3, 0.4) is 0 Å². The summed E-state index contributed by atoms with van der Waals surface area (Å²) in [5, 5.41) is 11.6. The second-order valence-corrected chi connectivity index (χ2v) is 4.93. The molecular weight excluding hydrogens is 247 g/mol. The predicted octanol–water partition coefficient (Wildman–Crippen LogP) is 1.45. The summed E-state index contributed by atoms with van der Waals surface area (Å²) in [5.74, 6) is -0.723. The molecule has 0 heterocycles. The number of benzene rings is 1. The average molecular weight is 268 g/mol. The van der Waals surface area contributed by atoms with Crippen molar-refractivity contribution >= 4 is 5.91 Å². The highest BCUT2D eigenvalue weighted by molar-refractivity contribution is 5.85. The van der Waals surface area contributed by atoms with Crippen molar-refractivity contribution in [2.75, 3.05) is 0 Å². The first-order valence-electron chi connectivity index (χ1n) is 6.36. The van der Waals surface area contributed by atoms with Crippen LogP contribution in [-0.2, 0) is 17.9 Å². The Kier molecular flexibility index (Phi) is 5.44. The molecule has 1 aromatic carbocycles. The Morgan fingerprint density at radius 3 is 2.74 bits per heavy atom. The molecule has 4 nitrogen and oxygen atoms in total. The highest BCUT2D eigenvalue weighted by Crippen LogP contribution is 2.12. The van der Waals surface area contributed by atoms with Gasteiger partial charge < -0.3 is 16.2 Å². The molecule has 1 unspecified atom stereocenters. The number of aliphatic hydroxyl groups is 1. The van der Waals surface area contributed by atoms with E-state index in [-0.39, 0.29) is 24.6 Å². The van der Waals surface area contributed by atoms with E-state index in [9.17, 15) is 9.18 Å². The van der Waals surface area contributed by atoms with Gasteiger partial charge in [-0.3, -0.25) is 4.79 Å². The predicted molar refractivity (Wildman–Crippen MR) is 71.7 cm³/mol. The lowest BCUT2D eigenvalue weighted by Gasteiger charge is -2.22. The molecular formula is C14H21FN2O2. The summed E-state index contributed by atoms with van der Waals surface area (Å²) < 4.78 is 13.4. The van der Waals surface area contributed by atoms with Gasteiger partial charge in [-0.05, 0) is 25.0 Å². The van der Waals surface area contributed by atoms with Gasteiger partial charge in [0.25, 0.3) is 0 Å². The van der Waals surface area contributed by atoms with E-state index in [0.717, 1.165) is 6.42 Å². The zero-order valence-electron chi connectivity index (χ0n) is 11.4. The quantitative estimate of drug-likeness (QED) is 0.731. The third kappa shape index (κ3) is 4.29. The number of aliphatic hydroxyl groups excluding tert-OH is 1. The van der Waals surface area contributed by atoms with Crippen LogP contribution in [0.2, 0.25) is 0 Å². The first-order chi connectivity index (χ1) is 8.90. The topological polar surface area (TPSA) is 75.4 Å². The standard InChI is InChI=1S/C14H21FN2O2/c1-3-6-14(2,16)13(19)17-8-10-4-5-11(9-18)12(15)7-10/h4-5,7,18H,3,6,8-9,16H2,1-2H3,(H,17,19). The molecule has 0 saturated carbocycles. The second-order valence-electron chi connectivity index (χ2n) is 4.93. The average Bonchev–Trinajstić information content (AvgIpc) is 2.36. The molecule has 0 radical (unpaired) electrons. The van der Waals surface area contributed by atoms with E-state index in [1.807, 2.05) is 6.92 Å². The zero-order valence-corrected chi connectivity index (χ0v) is 11.4. The monoisotopic (exact) mass is 268 g/mol. The van der Waals surface area contributed by atoms with Crippen molar-refractivity contribution < 1.29 is 14.3 Å². The summed E-state index contributed by atoms with van der Waals surface area (Å²) in [6, 6.07) is 4.48. The van der Waals surface area contributed by atoms with Crippen molar-refractivity contribution in [3.8, 4) is 0 Å². The Hall–Kier alpha value is -1.46. The lowest BCUT2D eigenvalue weighted by atomic mass is 9.96. The van der Waals surface area contributed by atoms with Crippen molar-refractivity contribution in [1.29, 1.82) is 0 Å². The molecule has 106 valence electrons. The Morgan fingerprint density at radius 2 is 2.21 bits per heavy atom. The Balaban J connectivity index is 2.62. The van der Waals surface area contributed by atoms with Crippen LogP contribution in [-0.4, -0.2) is 16.6 Å². The van der Waals surface area contributed by atoms with Gasteiger partial charge in [-0.2, -0.15) is 0 Å². The number of nitrogens with two attached hydrogens (primary N) is 1. The van der Waals surface area contributed by atoms with Crippen LogP contribution in [0.15, 0.2) is 18.2 Å². The molecule has 1 amide bonds. The Morgan fingerprint density at radius 1 is 1.53 bits per heavy atom. The third-order valence-corrected chi connectivity index (χ3v) is 3.03. The first kappa shape index (κ1) is 15.6. The lowest BCUT2D eigenvalue weighted by Crippen LogP contribution is -2.51. The molecule has 1 aromatic rings. The summed E-state index contributed by atoms with van der Waals surface area (Å²) >= 11 is 0. The van der Waals surface area contributed by atoms with E-state index in [0.29, 0.717) is 12.0 Å². The minimum Gasteiger partial charge on any atom is -0.392 e. The maximum atomic E-state index is 13.4. The fraction of sp³-hybridized carbons (Fsp3) is 0.500. The van der Waals surface area contributed by atoms with Crippen molar-refractivity contribution in [2.45, 2.75) is 45.4 Å². The number of amides is 1. The van der Waals surface area contributed by atoms with Crippen molar-refractivity contribution in [1.82, 2.24) is 5.32 Å². The van der Waals surface area contributed by atoms with E-state index >= 15 is 0 Å². The van der Waals surface area contributed by atoms with Crippen molar-refractivity contribution in [3.63, 3.8) is 0 Å². The molecule has 5 heteroatoms. The first-order valence-corrected chi connectivity index (χ1v) is 6.36. The zero-order chi connectivity index (χ0) is 14.5. The maximum Gasteiger partial charge on any atom is 0.240 e. The fourth-order valence-electron chi connectivity index (χ4n) is 1.85. The minimum atomic E-state index is -0.904. The number of nitrogens with one attached hydrogen (secondary N) is 1. The van der Waals surface area contributed by atoms with Gasteiger partial charge in [-0.1, -0.05) is 25.5 Å². The van der Waals surface area contributed by atoms with Gasteiger partial charge in [0.2, 0.25) is 5.91 Å². The van der Waals surface area contributed by atoms with Gasteiger partial charge in [0, 0.05) is 12.1 Å². The number of rotatable bonds is 6. The van der Waals surface area contributed by atoms with Gasteiger partial charge in [0.15, 0.2) is 0 Å². The van der Waals surface area contributed by atoms with Crippen LogP contribution >= 0.6 is 0 Å². The number of carbonyl (C=O) groups excluding carboxylic acids is 1. The molecule has 0 aliphatic carbocycles. The van der Waals surface area contributed by atoms with E-state index in [4.69, 9.17) is 10.8 Å². The van der Waals surface area contributed by atoms with Crippen LogP contribution in [0.25, 0.3) is 0 Å². The third-order valence-electron chi connectivity index (χ3n) is 3.03. The van der Waals surface area contributed by atoms with Crippen molar-refractivity contribution in [3.05, 3.63) is 35.1 Å². The summed E-state index contributed by atoms with van der Waals surface area (Å²) in [7, 11) is 0. The highest BCUT2D eigenvalue weighted by atomic mass is 19.1. The van der Waals surface area contributed by atoms with Crippen LogP contribution in [0.5, 0.6) is 0 Å². The van der Waals surface area contributed by atoms with Crippen LogP contribution in [0.1, 0.15) is 37.8 Å². The molecule has 1 rings (SSSR count). The Labute approximate surface area is 112 Å². The molecule has 0 bridgehead atoms. The lowest BCUT2D eigenvalue weighted by molar-refractivity contribution is -0.126. The van der Waals surface area contributed by atoms with E-state index in [1.165, 1.54) is 12.1 Å². The largest absolute Gasteiger partial charge is 0.392 e. The SMILES string of the molecule is CCCC(C)(N)C(=O)NCc1ccc(CO)c(F)c1. The number of hydrogen-bond donors (Lipinski definition) is 3. The van der Waals surface area contributed by atoms with Crippen molar-refractivity contribution in [2.24, 2.45) is 5.73 Å². The fourth-order valence-corrected chi connectivity index (χ4v) is 1.85. The molecule has 1 atom stereocenters. The molecule has 0 fully saturated rings. The molecule has 19 heavy (non-hydrogen) atoms. The second kappa shape index (κ2) is 6.63.